The quantitative estimate of drug-likeness (QED) is 0.377. The van der Waals surface area contributed by atoms with Crippen LogP contribution in [-0.4, -0.2) is 40.7 Å². The summed E-state index contributed by atoms with van der Waals surface area (Å²) in [7, 11) is 0. The molecule has 1 aliphatic rings. The maximum absolute atomic E-state index is 11.5. The van der Waals surface area contributed by atoms with Crippen LogP contribution in [0.5, 0.6) is 5.75 Å². The number of carbonyl (C=O) groups is 1. The van der Waals surface area contributed by atoms with Crippen molar-refractivity contribution in [2.75, 3.05) is 19.7 Å². The molecule has 0 spiro atoms. The molecule has 156 valence electrons. The lowest BCUT2D eigenvalue weighted by atomic mass is 10.2. The van der Waals surface area contributed by atoms with Gasteiger partial charge in [0.15, 0.2) is 0 Å². The van der Waals surface area contributed by atoms with E-state index in [0.717, 1.165) is 47.4 Å². The Morgan fingerprint density at radius 1 is 1.17 bits per heavy atom. The smallest absolute Gasteiger partial charge is 0.284 e. The minimum absolute atomic E-state index is 0.451. The van der Waals surface area contributed by atoms with Gasteiger partial charge in [-0.1, -0.05) is 24.3 Å². The van der Waals surface area contributed by atoms with Crippen molar-refractivity contribution in [3.63, 3.8) is 0 Å². The molecular weight excluding hydrogens is 398 g/mol. The van der Waals surface area contributed by atoms with Gasteiger partial charge in [0, 0.05) is 25.8 Å². The van der Waals surface area contributed by atoms with E-state index in [-0.39, 0.29) is 0 Å². The molecule has 2 aromatic heterocycles. The first-order chi connectivity index (χ1) is 14.7. The monoisotopic (exact) mass is 423 g/mol. The SMILES string of the molecule is O=C(NO)c1ccc(-c2ccc(CN(CCOc3ccccc3)CC3CC3)cn2)s1. The Kier molecular flexibility index (Phi) is 6.74. The highest BCUT2D eigenvalue weighted by atomic mass is 32.1. The number of carbonyl (C=O) groups excluding carboxylic acids is 1. The Labute approximate surface area is 180 Å². The van der Waals surface area contributed by atoms with Crippen molar-refractivity contribution in [2.45, 2.75) is 19.4 Å². The van der Waals surface area contributed by atoms with Crippen LogP contribution in [-0.2, 0) is 6.54 Å². The molecule has 0 unspecified atom stereocenters. The average molecular weight is 424 g/mol. The van der Waals surface area contributed by atoms with Gasteiger partial charge in [0.1, 0.15) is 12.4 Å². The van der Waals surface area contributed by atoms with Crippen LogP contribution in [0.1, 0.15) is 28.1 Å². The van der Waals surface area contributed by atoms with Crippen LogP contribution in [0.2, 0.25) is 0 Å². The Morgan fingerprint density at radius 2 is 2.00 bits per heavy atom. The number of hydroxylamine groups is 1. The van der Waals surface area contributed by atoms with E-state index in [9.17, 15) is 4.79 Å². The molecule has 1 aliphatic carbocycles. The zero-order valence-electron chi connectivity index (χ0n) is 16.7. The molecule has 7 heteroatoms. The third-order valence-corrected chi connectivity index (χ3v) is 6.15. The van der Waals surface area contributed by atoms with Crippen molar-refractivity contribution in [1.82, 2.24) is 15.4 Å². The number of benzene rings is 1. The van der Waals surface area contributed by atoms with Gasteiger partial charge < -0.3 is 4.74 Å². The van der Waals surface area contributed by atoms with E-state index < -0.39 is 5.91 Å². The van der Waals surface area contributed by atoms with Crippen molar-refractivity contribution in [2.24, 2.45) is 5.92 Å². The molecule has 0 bridgehead atoms. The molecule has 2 N–H and O–H groups in total. The standard InChI is InChI=1S/C23H25N3O3S/c27-23(25-28)22-11-10-21(30-22)20-9-8-18(14-24-20)16-26(15-17-6-7-17)12-13-29-19-4-2-1-3-5-19/h1-5,8-11,14,17,28H,6-7,12-13,15-16H2,(H,25,27). The lowest BCUT2D eigenvalue weighted by Gasteiger charge is -2.22. The first-order valence-electron chi connectivity index (χ1n) is 10.1. The van der Waals surface area contributed by atoms with Gasteiger partial charge in [0.05, 0.1) is 15.4 Å². The summed E-state index contributed by atoms with van der Waals surface area (Å²) in [5, 5.41) is 8.76. The topological polar surface area (TPSA) is 74.7 Å². The van der Waals surface area contributed by atoms with Crippen molar-refractivity contribution in [3.05, 3.63) is 71.2 Å². The number of hydrogen-bond donors (Lipinski definition) is 2. The number of ether oxygens (including phenoxy) is 1. The summed E-state index contributed by atoms with van der Waals surface area (Å²) in [6.07, 6.45) is 4.53. The van der Waals surface area contributed by atoms with Crippen LogP contribution in [0.3, 0.4) is 0 Å². The molecule has 30 heavy (non-hydrogen) atoms. The van der Waals surface area contributed by atoms with Crippen LogP contribution in [0.4, 0.5) is 0 Å². The highest BCUT2D eigenvalue weighted by molar-refractivity contribution is 7.17. The van der Waals surface area contributed by atoms with Crippen molar-refractivity contribution >= 4 is 17.2 Å². The van der Waals surface area contributed by atoms with Gasteiger partial charge in [-0.15, -0.1) is 11.3 Å². The Balaban J connectivity index is 1.35. The third kappa shape index (κ3) is 5.66. The highest BCUT2D eigenvalue weighted by Crippen LogP contribution is 2.30. The lowest BCUT2D eigenvalue weighted by molar-refractivity contribution is 0.0711. The first-order valence-corrected chi connectivity index (χ1v) is 10.9. The fourth-order valence-electron chi connectivity index (χ4n) is 3.28. The van der Waals surface area contributed by atoms with Gasteiger partial charge >= 0.3 is 0 Å². The van der Waals surface area contributed by atoms with E-state index in [4.69, 9.17) is 9.94 Å². The second-order valence-corrected chi connectivity index (χ2v) is 8.58. The minimum Gasteiger partial charge on any atom is -0.492 e. The molecule has 1 saturated carbocycles. The van der Waals surface area contributed by atoms with Crippen LogP contribution in [0, 0.1) is 5.92 Å². The van der Waals surface area contributed by atoms with Crippen molar-refractivity contribution in [1.29, 1.82) is 0 Å². The molecular formula is C23H25N3O3S. The molecule has 1 aromatic carbocycles. The maximum atomic E-state index is 11.5. The number of amides is 1. The molecule has 3 aromatic rings. The molecule has 0 atom stereocenters. The number of rotatable bonds is 10. The lowest BCUT2D eigenvalue weighted by Crippen LogP contribution is -2.30. The van der Waals surface area contributed by atoms with Crippen molar-refractivity contribution in [3.8, 4) is 16.3 Å². The van der Waals surface area contributed by atoms with E-state index in [2.05, 4.69) is 16.0 Å². The summed E-state index contributed by atoms with van der Waals surface area (Å²) >= 11 is 1.30. The summed E-state index contributed by atoms with van der Waals surface area (Å²) in [5.41, 5.74) is 3.64. The summed E-state index contributed by atoms with van der Waals surface area (Å²) in [5.74, 6) is 1.20. The summed E-state index contributed by atoms with van der Waals surface area (Å²) in [6, 6.07) is 17.5. The maximum Gasteiger partial charge on any atom is 0.284 e. The van der Waals surface area contributed by atoms with Crippen LogP contribution >= 0.6 is 11.3 Å². The number of aromatic nitrogens is 1. The predicted octanol–water partition coefficient (Wildman–Crippen LogP) is 4.22. The largest absolute Gasteiger partial charge is 0.492 e. The summed E-state index contributed by atoms with van der Waals surface area (Å²) < 4.78 is 5.88. The fraction of sp³-hybridized carbons (Fsp3) is 0.304. The highest BCUT2D eigenvalue weighted by Gasteiger charge is 2.24. The number of nitrogens with zero attached hydrogens (tertiary/aromatic N) is 2. The predicted molar refractivity (Wildman–Crippen MR) is 117 cm³/mol. The van der Waals surface area contributed by atoms with Crippen LogP contribution < -0.4 is 10.2 Å². The van der Waals surface area contributed by atoms with Gasteiger partial charge in [-0.2, -0.15) is 0 Å². The van der Waals surface area contributed by atoms with E-state index in [1.807, 2.05) is 48.7 Å². The molecule has 2 heterocycles. The van der Waals surface area contributed by atoms with Gasteiger partial charge in [0.25, 0.3) is 5.91 Å². The van der Waals surface area contributed by atoms with Crippen LogP contribution in [0.15, 0.2) is 60.8 Å². The van der Waals surface area contributed by atoms with E-state index in [0.29, 0.717) is 11.5 Å². The molecule has 1 amide bonds. The number of hydrogen-bond acceptors (Lipinski definition) is 6. The van der Waals surface area contributed by atoms with Gasteiger partial charge in [-0.3, -0.25) is 19.9 Å². The second kappa shape index (κ2) is 9.84. The fourth-order valence-corrected chi connectivity index (χ4v) is 4.16. The normalized spacial score (nSPS) is 13.4. The molecule has 1 fully saturated rings. The van der Waals surface area contributed by atoms with Crippen molar-refractivity contribution < 1.29 is 14.7 Å². The number of thiophene rings is 1. The van der Waals surface area contributed by atoms with Gasteiger partial charge in [0.2, 0.25) is 0 Å². The van der Waals surface area contributed by atoms with E-state index in [1.165, 1.54) is 24.2 Å². The third-order valence-electron chi connectivity index (χ3n) is 5.05. The number of nitrogens with one attached hydrogen (secondary N) is 1. The van der Waals surface area contributed by atoms with E-state index >= 15 is 0 Å². The summed E-state index contributed by atoms with van der Waals surface area (Å²) in [6.45, 7) is 3.46. The zero-order valence-corrected chi connectivity index (χ0v) is 17.5. The molecule has 0 saturated heterocycles. The second-order valence-electron chi connectivity index (χ2n) is 7.50. The number of para-hydroxylation sites is 1. The summed E-state index contributed by atoms with van der Waals surface area (Å²) in [4.78, 5) is 19.9. The Bertz CT molecular complexity index is 955. The first kappa shape index (κ1) is 20.5. The number of pyridine rings is 1. The van der Waals surface area contributed by atoms with Gasteiger partial charge in [-0.05, 0) is 54.7 Å². The average Bonchev–Trinajstić information content (AvgIpc) is 3.46. The zero-order chi connectivity index (χ0) is 20.8. The molecule has 4 rings (SSSR count). The van der Waals surface area contributed by atoms with Gasteiger partial charge in [-0.25, -0.2) is 5.48 Å². The van der Waals surface area contributed by atoms with E-state index in [1.54, 1.807) is 11.5 Å². The molecule has 0 radical (unpaired) electrons. The Morgan fingerprint density at radius 3 is 2.70 bits per heavy atom. The van der Waals surface area contributed by atoms with Crippen LogP contribution in [0.25, 0.3) is 10.6 Å². The minimum atomic E-state index is -0.503. The molecule has 6 nitrogen and oxygen atoms in total. The Hall–Kier alpha value is -2.74. The molecule has 0 aliphatic heterocycles.